The van der Waals surface area contributed by atoms with Gasteiger partial charge in [0.25, 0.3) is 0 Å². The normalized spacial score (nSPS) is 21.9. The number of hydrogen-bond donors (Lipinski definition) is 2. The van der Waals surface area contributed by atoms with Crippen molar-refractivity contribution in [2.45, 2.75) is 26.3 Å². The van der Waals surface area contributed by atoms with Gasteiger partial charge in [-0.15, -0.1) is 0 Å². The zero-order chi connectivity index (χ0) is 14.7. The molecule has 1 unspecified atom stereocenters. The number of hydrogen-bond acceptors (Lipinski definition) is 4. The molecule has 0 radical (unpaired) electrons. The van der Waals surface area contributed by atoms with Gasteiger partial charge in [-0.2, -0.15) is 0 Å². The topological polar surface area (TPSA) is 81.3 Å². The maximum atomic E-state index is 12.1. The van der Waals surface area contributed by atoms with Crippen molar-refractivity contribution in [3.05, 3.63) is 29.8 Å². The third-order valence-electron chi connectivity index (χ3n) is 3.79. The lowest BCUT2D eigenvalue weighted by molar-refractivity contribution is -0.255. The number of amides is 1. The van der Waals surface area contributed by atoms with Crippen LogP contribution in [0.4, 0.5) is 5.69 Å². The maximum Gasteiger partial charge on any atom is 0.241 e. The largest absolute Gasteiger partial charge is 0.545 e. The maximum absolute atomic E-state index is 12.1. The first-order valence-corrected chi connectivity index (χ1v) is 6.83. The second-order valence-corrected chi connectivity index (χ2v) is 5.56. The number of nitrogens with one attached hydrogen (secondary N) is 2. The Bertz CT molecular complexity index is 514. The Kier molecular flexibility index (Phi) is 4.39. The molecule has 5 heteroatoms. The van der Waals surface area contributed by atoms with E-state index in [2.05, 4.69) is 24.5 Å². The molecule has 0 spiro atoms. The summed E-state index contributed by atoms with van der Waals surface area (Å²) in [7, 11) is 0. The number of carboxylic acids is 1. The molecule has 1 aromatic rings. The highest BCUT2D eigenvalue weighted by molar-refractivity contribution is 5.96. The molecule has 20 heavy (non-hydrogen) atoms. The van der Waals surface area contributed by atoms with Gasteiger partial charge in [0, 0.05) is 5.69 Å². The average Bonchev–Trinajstić information content (AvgIpc) is 2.88. The van der Waals surface area contributed by atoms with E-state index in [9.17, 15) is 14.7 Å². The first-order valence-electron chi connectivity index (χ1n) is 6.83. The SMILES string of the molecule is CC(C)[C@@H]1CNC(C(=O)Nc2cccc(C(=O)[O-])c2)C1. The molecule has 1 heterocycles. The van der Waals surface area contributed by atoms with Crippen molar-refractivity contribution in [3.63, 3.8) is 0 Å². The van der Waals surface area contributed by atoms with Gasteiger partial charge in [-0.05, 0) is 42.5 Å². The van der Waals surface area contributed by atoms with E-state index in [1.54, 1.807) is 12.1 Å². The number of carbonyl (C=O) groups is 2. The molecule has 1 amide bonds. The van der Waals surface area contributed by atoms with E-state index in [0.717, 1.165) is 13.0 Å². The molecule has 1 aliphatic rings. The number of carboxylic acid groups (broad SMARTS) is 1. The van der Waals surface area contributed by atoms with Gasteiger partial charge in [0.05, 0.1) is 12.0 Å². The van der Waals surface area contributed by atoms with Gasteiger partial charge >= 0.3 is 0 Å². The van der Waals surface area contributed by atoms with Gasteiger partial charge in [-0.3, -0.25) is 4.79 Å². The van der Waals surface area contributed by atoms with Crippen molar-refractivity contribution < 1.29 is 14.7 Å². The molecule has 5 nitrogen and oxygen atoms in total. The number of anilines is 1. The lowest BCUT2D eigenvalue weighted by Crippen LogP contribution is -2.35. The summed E-state index contributed by atoms with van der Waals surface area (Å²) in [4.78, 5) is 22.9. The van der Waals surface area contributed by atoms with Gasteiger partial charge < -0.3 is 20.5 Å². The van der Waals surface area contributed by atoms with Crippen LogP contribution in [0.1, 0.15) is 30.6 Å². The van der Waals surface area contributed by atoms with Crippen LogP contribution in [0, 0.1) is 11.8 Å². The Morgan fingerprint density at radius 3 is 2.75 bits per heavy atom. The zero-order valence-corrected chi connectivity index (χ0v) is 11.7. The van der Waals surface area contributed by atoms with Crippen LogP contribution in [0.25, 0.3) is 0 Å². The van der Waals surface area contributed by atoms with Crippen LogP contribution in [0.15, 0.2) is 24.3 Å². The Hall–Kier alpha value is -1.88. The van der Waals surface area contributed by atoms with Crippen molar-refractivity contribution >= 4 is 17.6 Å². The summed E-state index contributed by atoms with van der Waals surface area (Å²) in [6.07, 6.45) is 0.809. The van der Waals surface area contributed by atoms with E-state index < -0.39 is 5.97 Å². The molecule has 1 fully saturated rings. The standard InChI is InChI=1S/C15H20N2O3/c1-9(2)11-7-13(16-8-11)14(18)17-12-5-3-4-10(6-12)15(19)20/h3-6,9,11,13,16H,7-8H2,1-2H3,(H,17,18)(H,19,20)/p-1/t11-,13?/m0/s1. The van der Waals surface area contributed by atoms with Crippen LogP contribution >= 0.6 is 0 Å². The van der Waals surface area contributed by atoms with Gasteiger partial charge in [-0.25, -0.2) is 0 Å². The van der Waals surface area contributed by atoms with E-state index in [1.165, 1.54) is 12.1 Å². The minimum atomic E-state index is -1.25. The Morgan fingerprint density at radius 1 is 1.40 bits per heavy atom. The molecule has 108 valence electrons. The fourth-order valence-electron chi connectivity index (χ4n) is 2.42. The molecule has 2 atom stereocenters. The van der Waals surface area contributed by atoms with Crippen LogP contribution in [-0.4, -0.2) is 24.5 Å². The molecule has 2 N–H and O–H groups in total. The van der Waals surface area contributed by atoms with Crippen molar-refractivity contribution in [3.8, 4) is 0 Å². The minimum Gasteiger partial charge on any atom is -0.545 e. The number of benzene rings is 1. The summed E-state index contributed by atoms with van der Waals surface area (Å²) in [5.74, 6) is -0.328. The summed E-state index contributed by atoms with van der Waals surface area (Å²) in [6.45, 7) is 5.14. The van der Waals surface area contributed by atoms with Gasteiger partial charge in [-0.1, -0.05) is 26.0 Å². The third kappa shape index (κ3) is 3.36. The lowest BCUT2D eigenvalue weighted by atomic mass is 9.93. The molecule has 0 saturated carbocycles. The lowest BCUT2D eigenvalue weighted by Gasteiger charge is -2.14. The van der Waals surface area contributed by atoms with E-state index in [1.807, 2.05) is 0 Å². The summed E-state index contributed by atoms with van der Waals surface area (Å²) in [5, 5.41) is 16.7. The van der Waals surface area contributed by atoms with E-state index in [4.69, 9.17) is 0 Å². The first-order chi connectivity index (χ1) is 9.47. The second-order valence-electron chi connectivity index (χ2n) is 5.56. The summed E-state index contributed by atoms with van der Waals surface area (Å²) in [6, 6.07) is 5.88. The Balaban J connectivity index is 1.98. The first kappa shape index (κ1) is 14.5. The molecule has 0 bridgehead atoms. The van der Waals surface area contributed by atoms with E-state index in [0.29, 0.717) is 17.5 Å². The van der Waals surface area contributed by atoms with Crippen LogP contribution in [-0.2, 0) is 4.79 Å². The summed E-state index contributed by atoms with van der Waals surface area (Å²) >= 11 is 0. The molecule has 0 aromatic heterocycles. The highest BCUT2D eigenvalue weighted by atomic mass is 16.4. The van der Waals surface area contributed by atoms with Crippen LogP contribution in [0.3, 0.4) is 0 Å². The fourth-order valence-corrected chi connectivity index (χ4v) is 2.42. The highest BCUT2D eigenvalue weighted by Gasteiger charge is 2.30. The molecular weight excluding hydrogens is 256 g/mol. The van der Waals surface area contributed by atoms with Crippen LogP contribution < -0.4 is 15.7 Å². The predicted octanol–water partition coefficient (Wildman–Crippen LogP) is 0.623. The fraction of sp³-hybridized carbons (Fsp3) is 0.467. The van der Waals surface area contributed by atoms with Crippen molar-refractivity contribution in [1.82, 2.24) is 5.32 Å². The van der Waals surface area contributed by atoms with Gasteiger partial charge in [0.1, 0.15) is 0 Å². The van der Waals surface area contributed by atoms with Gasteiger partial charge in [0.15, 0.2) is 0 Å². The summed E-state index contributed by atoms with van der Waals surface area (Å²) in [5.41, 5.74) is 0.536. The van der Waals surface area contributed by atoms with Crippen molar-refractivity contribution in [2.75, 3.05) is 11.9 Å². The Labute approximate surface area is 118 Å². The van der Waals surface area contributed by atoms with Crippen LogP contribution in [0.2, 0.25) is 0 Å². The predicted molar refractivity (Wildman–Crippen MR) is 74.1 cm³/mol. The number of rotatable bonds is 4. The monoisotopic (exact) mass is 275 g/mol. The van der Waals surface area contributed by atoms with Crippen molar-refractivity contribution in [2.24, 2.45) is 11.8 Å². The number of aromatic carboxylic acids is 1. The quantitative estimate of drug-likeness (QED) is 0.844. The average molecular weight is 275 g/mol. The van der Waals surface area contributed by atoms with Gasteiger partial charge in [0.2, 0.25) is 5.91 Å². The van der Waals surface area contributed by atoms with E-state index in [-0.39, 0.29) is 17.5 Å². The van der Waals surface area contributed by atoms with E-state index >= 15 is 0 Å². The highest BCUT2D eigenvalue weighted by Crippen LogP contribution is 2.22. The molecular formula is C15H19N2O3-. The molecule has 1 aliphatic heterocycles. The summed E-state index contributed by atoms with van der Waals surface area (Å²) < 4.78 is 0. The molecule has 1 aromatic carbocycles. The zero-order valence-electron chi connectivity index (χ0n) is 11.7. The molecule has 0 aliphatic carbocycles. The number of carbonyl (C=O) groups excluding carboxylic acids is 2. The van der Waals surface area contributed by atoms with Crippen LogP contribution in [0.5, 0.6) is 0 Å². The van der Waals surface area contributed by atoms with Crippen molar-refractivity contribution in [1.29, 1.82) is 0 Å². The minimum absolute atomic E-state index is 0.0576. The molecule has 1 saturated heterocycles. The second kappa shape index (κ2) is 6.05. The smallest absolute Gasteiger partial charge is 0.241 e. The molecule has 2 rings (SSSR count). The third-order valence-corrected chi connectivity index (χ3v) is 3.79. The Morgan fingerprint density at radius 2 is 2.15 bits per heavy atom.